The van der Waals surface area contributed by atoms with Crippen LogP contribution >= 0.6 is 0 Å². The van der Waals surface area contributed by atoms with E-state index in [1.807, 2.05) is 20.8 Å². The normalized spacial score (nSPS) is 23.5. The maximum Gasteiger partial charge on any atom is 0.567 e. The number of hydrogen-bond donors (Lipinski definition) is 0. The summed E-state index contributed by atoms with van der Waals surface area (Å²) < 4.78 is 5.18. The van der Waals surface area contributed by atoms with E-state index in [0.29, 0.717) is 6.54 Å². The SMILES string of the molecule is CC(C)(C)OC(=O)[N+]1CCC[C@H]1C=O. The Kier molecular flexibility index (Phi) is 3.26. The standard InChI is InChI=1S/C10H17NO3/c1-10(2,3)14-9(13)11-6-4-5-8(11)7-12/h7-8H,4-6H2,1-3H3/q+1/t8-/m0/s1. The smallest absolute Gasteiger partial charge is 0.411 e. The lowest BCUT2D eigenvalue weighted by atomic mass is 10.2. The molecule has 1 rings (SSSR count). The maximum atomic E-state index is 11.6. The van der Waals surface area contributed by atoms with Crippen molar-refractivity contribution in [3.63, 3.8) is 0 Å². The van der Waals surface area contributed by atoms with E-state index < -0.39 is 5.60 Å². The third kappa shape index (κ3) is 2.80. The molecule has 0 bridgehead atoms. The molecule has 0 N–H and O–H groups in total. The van der Waals surface area contributed by atoms with Gasteiger partial charge in [-0.3, -0.25) is 4.79 Å². The van der Waals surface area contributed by atoms with Crippen LogP contribution in [0, 0.1) is 0 Å². The zero-order valence-electron chi connectivity index (χ0n) is 8.95. The monoisotopic (exact) mass is 199 g/mol. The first-order valence-electron chi connectivity index (χ1n) is 4.89. The Labute approximate surface area is 84.2 Å². The van der Waals surface area contributed by atoms with Gasteiger partial charge >= 0.3 is 6.09 Å². The summed E-state index contributed by atoms with van der Waals surface area (Å²) in [5.41, 5.74) is -0.493. The van der Waals surface area contributed by atoms with Crippen LogP contribution in [0.25, 0.3) is 0 Å². The van der Waals surface area contributed by atoms with E-state index in [4.69, 9.17) is 4.74 Å². The summed E-state index contributed by atoms with van der Waals surface area (Å²) >= 11 is 0. The molecule has 1 radical (unpaired) electrons. The molecule has 0 unspecified atom stereocenters. The lowest BCUT2D eigenvalue weighted by Gasteiger charge is -2.18. The van der Waals surface area contributed by atoms with Crippen molar-refractivity contribution in [2.75, 3.05) is 6.54 Å². The molecule has 4 nitrogen and oxygen atoms in total. The first-order valence-corrected chi connectivity index (χ1v) is 4.89. The second-order valence-electron chi connectivity index (χ2n) is 4.52. The van der Waals surface area contributed by atoms with Crippen LogP contribution in [0.5, 0.6) is 0 Å². The van der Waals surface area contributed by atoms with Crippen LogP contribution < -0.4 is 4.90 Å². The van der Waals surface area contributed by atoms with Crippen molar-refractivity contribution in [3.05, 3.63) is 0 Å². The summed E-state index contributed by atoms with van der Waals surface area (Å²) in [5.74, 6) is 0. The Morgan fingerprint density at radius 2 is 2.14 bits per heavy atom. The van der Waals surface area contributed by atoms with Gasteiger partial charge in [0.1, 0.15) is 12.1 Å². The van der Waals surface area contributed by atoms with E-state index in [9.17, 15) is 9.59 Å². The van der Waals surface area contributed by atoms with Gasteiger partial charge in [-0.15, -0.1) is 0 Å². The second-order valence-corrected chi connectivity index (χ2v) is 4.52. The number of likely N-dealkylation sites (tertiary alicyclic amines) is 1. The quantitative estimate of drug-likeness (QED) is 0.474. The summed E-state index contributed by atoms with van der Waals surface area (Å²) in [4.78, 5) is 23.7. The summed E-state index contributed by atoms with van der Waals surface area (Å²) in [7, 11) is 0. The fraction of sp³-hybridized carbons (Fsp3) is 0.800. The Morgan fingerprint density at radius 3 is 2.64 bits per heavy atom. The Hall–Kier alpha value is -0.900. The van der Waals surface area contributed by atoms with Crippen molar-refractivity contribution in [3.8, 4) is 0 Å². The van der Waals surface area contributed by atoms with Crippen LogP contribution in [0.1, 0.15) is 33.6 Å². The van der Waals surface area contributed by atoms with Crippen LogP contribution in [0.15, 0.2) is 0 Å². The number of rotatable bonds is 1. The van der Waals surface area contributed by atoms with E-state index in [2.05, 4.69) is 0 Å². The molecular weight excluding hydrogens is 182 g/mol. The number of nitrogens with zero attached hydrogens (tertiary/aromatic N) is 1. The topological polar surface area (TPSA) is 49.3 Å². The van der Waals surface area contributed by atoms with Gasteiger partial charge in [0.05, 0.1) is 0 Å². The molecule has 0 aromatic carbocycles. The summed E-state index contributed by atoms with van der Waals surface area (Å²) in [6.07, 6.45) is 2.06. The minimum Gasteiger partial charge on any atom is -0.411 e. The molecule has 1 saturated heterocycles. The number of carbonyl (C=O) groups excluding carboxylic acids is 2. The molecule has 1 atom stereocenters. The largest absolute Gasteiger partial charge is 0.567 e. The number of carbonyl (C=O) groups is 2. The summed E-state index contributed by atoms with van der Waals surface area (Å²) in [6.45, 7) is 6.07. The molecule has 0 spiro atoms. The van der Waals surface area contributed by atoms with Gasteiger partial charge in [0.15, 0.2) is 6.29 Å². The van der Waals surface area contributed by atoms with E-state index in [1.54, 1.807) is 0 Å². The average Bonchev–Trinajstić information content (AvgIpc) is 2.47. The molecule has 14 heavy (non-hydrogen) atoms. The molecular formula is C10H17NO3+. The number of aldehydes is 1. The molecule has 1 aliphatic heterocycles. The van der Waals surface area contributed by atoms with Crippen molar-refractivity contribution in [1.29, 1.82) is 0 Å². The molecule has 0 saturated carbocycles. The first-order chi connectivity index (χ1) is 6.44. The lowest BCUT2D eigenvalue weighted by molar-refractivity contribution is -0.110. The third-order valence-electron chi connectivity index (χ3n) is 2.08. The molecule has 0 aromatic heterocycles. The Bertz CT molecular complexity index is 232. The van der Waals surface area contributed by atoms with Gasteiger partial charge in [0, 0.05) is 12.8 Å². The van der Waals surface area contributed by atoms with Gasteiger partial charge in [-0.2, -0.15) is 4.79 Å². The molecule has 1 heterocycles. The summed E-state index contributed by atoms with van der Waals surface area (Å²) in [5, 5.41) is 0. The minimum atomic E-state index is -0.493. The first kappa shape index (κ1) is 11.2. The molecule has 4 heteroatoms. The van der Waals surface area contributed by atoms with E-state index >= 15 is 0 Å². The zero-order valence-corrected chi connectivity index (χ0v) is 8.95. The van der Waals surface area contributed by atoms with Gasteiger partial charge in [-0.25, -0.2) is 0 Å². The van der Waals surface area contributed by atoms with Crippen LogP contribution in [0.2, 0.25) is 0 Å². The molecule has 0 aromatic rings. The minimum absolute atomic E-state index is 0.287. The van der Waals surface area contributed by atoms with Crippen molar-refractivity contribution >= 4 is 12.4 Å². The van der Waals surface area contributed by atoms with Gasteiger partial charge < -0.3 is 4.74 Å². The van der Waals surface area contributed by atoms with Crippen LogP contribution in [0.3, 0.4) is 0 Å². The molecule has 79 valence electrons. The predicted molar refractivity (Wildman–Crippen MR) is 52.3 cm³/mol. The van der Waals surface area contributed by atoms with Crippen molar-refractivity contribution in [2.45, 2.75) is 45.3 Å². The average molecular weight is 199 g/mol. The van der Waals surface area contributed by atoms with E-state index in [0.717, 1.165) is 19.1 Å². The van der Waals surface area contributed by atoms with Gasteiger partial charge in [0.2, 0.25) is 6.04 Å². The van der Waals surface area contributed by atoms with E-state index in [-0.39, 0.29) is 12.1 Å². The highest BCUT2D eigenvalue weighted by atomic mass is 16.6. The zero-order chi connectivity index (χ0) is 10.8. The van der Waals surface area contributed by atoms with Crippen molar-refractivity contribution in [1.82, 2.24) is 4.90 Å². The molecule has 1 fully saturated rings. The highest BCUT2D eigenvalue weighted by Gasteiger charge is 2.43. The Balaban J connectivity index is 2.56. The van der Waals surface area contributed by atoms with E-state index in [1.165, 1.54) is 4.90 Å². The third-order valence-corrected chi connectivity index (χ3v) is 2.08. The van der Waals surface area contributed by atoms with Gasteiger partial charge in [0.25, 0.3) is 0 Å². The number of amides is 1. The van der Waals surface area contributed by atoms with Gasteiger partial charge in [-0.05, 0) is 20.8 Å². The number of hydrogen-bond acceptors (Lipinski definition) is 3. The highest BCUT2D eigenvalue weighted by Crippen LogP contribution is 2.16. The predicted octanol–water partition coefficient (Wildman–Crippen LogP) is 1.42. The number of ether oxygens (including phenoxy) is 1. The van der Waals surface area contributed by atoms with Crippen LogP contribution in [-0.4, -0.2) is 30.6 Å². The highest BCUT2D eigenvalue weighted by molar-refractivity contribution is 5.77. The summed E-state index contributed by atoms with van der Waals surface area (Å²) in [6, 6.07) is -0.287. The second kappa shape index (κ2) is 4.09. The van der Waals surface area contributed by atoms with Crippen molar-refractivity contribution < 1.29 is 14.3 Å². The van der Waals surface area contributed by atoms with Crippen molar-refractivity contribution in [2.24, 2.45) is 0 Å². The molecule has 1 aliphatic rings. The fourth-order valence-electron chi connectivity index (χ4n) is 1.48. The Morgan fingerprint density at radius 1 is 1.50 bits per heavy atom. The molecule has 1 amide bonds. The molecule has 0 aliphatic carbocycles. The fourth-order valence-corrected chi connectivity index (χ4v) is 1.48. The van der Waals surface area contributed by atoms with Gasteiger partial charge in [-0.1, -0.05) is 4.90 Å². The van der Waals surface area contributed by atoms with Crippen LogP contribution in [-0.2, 0) is 9.53 Å². The maximum absolute atomic E-state index is 11.6. The lowest BCUT2D eigenvalue weighted by Crippen LogP contribution is -2.45. The van der Waals surface area contributed by atoms with Crippen LogP contribution in [0.4, 0.5) is 4.79 Å².